The standard InChI is InChI=1S/C18H18BrN3/c19-17-6-7-18(16(12-17)13-20)22-10-8-21(9-11-22)14-15-4-2-1-3-5-15/h1-7,12H,8-11,14H2. The minimum Gasteiger partial charge on any atom is -0.368 e. The Hall–Kier alpha value is -1.83. The molecule has 0 amide bonds. The van der Waals surface area contributed by atoms with Crippen molar-refractivity contribution in [2.45, 2.75) is 6.54 Å². The van der Waals surface area contributed by atoms with Crippen molar-refractivity contribution < 1.29 is 0 Å². The van der Waals surface area contributed by atoms with Gasteiger partial charge in [0.1, 0.15) is 6.07 Å². The van der Waals surface area contributed by atoms with Crippen LogP contribution in [0, 0.1) is 11.3 Å². The van der Waals surface area contributed by atoms with Gasteiger partial charge in [0.25, 0.3) is 0 Å². The third kappa shape index (κ3) is 3.49. The summed E-state index contributed by atoms with van der Waals surface area (Å²) in [4.78, 5) is 4.78. The fraction of sp³-hybridized carbons (Fsp3) is 0.278. The van der Waals surface area contributed by atoms with Gasteiger partial charge in [0, 0.05) is 37.2 Å². The number of benzene rings is 2. The van der Waals surface area contributed by atoms with Crippen molar-refractivity contribution in [2.24, 2.45) is 0 Å². The fourth-order valence-corrected chi connectivity index (χ4v) is 3.22. The van der Waals surface area contributed by atoms with E-state index in [4.69, 9.17) is 0 Å². The lowest BCUT2D eigenvalue weighted by Crippen LogP contribution is -2.46. The zero-order chi connectivity index (χ0) is 15.4. The van der Waals surface area contributed by atoms with E-state index in [0.717, 1.165) is 48.4 Å². The van der Waals surface area contributed by atoms with Crippen LogP contribution in [0.15, 0.2) is 53.0 Å². The average molecular weight is 356 g/mol. The molecule has 1 aliphatic heterocycles. The topological polar surface area (TPSA) is 30.3 Å². The van der Waals surface area contributed by atoms with Gasteiger partial charge in [0.05, 0.1) is 11.3 Å². The first-order chi connectivity index (χ1) is 10.8. The summed E-state index contributed by atoms with van der Waals surface area (Å²) in [6.45, 7) is 4.97. The predicted molar refractivity (Wildman–Crippen MR) is 92.8 cm³/mol. The van der Waals surface area contributed by atoms with Crippen LogP contribution in [0.2, 0.25) is 0 Å². The number of rotatable bonds is 3. The number of hydrogen-bond donors (Lipinski definition) is 0. The Morgan fingerprint density at radius 2 is 1.73 bits per heavy atom. The van der Waals surface area contributed by atoms with E-state index in [1.165, 1.54) is 5.56 Å². The van der Waals surface area contributed by atoms with Crippen LogP contribution in [0.5, 0.6) is 0 Å². The van der Waals surface area contributed by atoms with Crippen LogP contribution in [-0.4, -0.2) is 31.1 Å². The van der Waals surface area contributed by atoms with Crippen molar-refractivity contribution in [2.75, 3.05) is 31.1 Å². The van der Waals surface area contributed by atoms with Crippen molar-refractivity contribution in [1.82, 2.24) is 4.90 Å². The van der Waals surface area contributed by atoms with Crippen molar-refractivity contribution >= 4 is 21.6 Å². The SMILES string of the molecule is N#Cc1cc(Br)ccc1N1CCN(Cc2ccccc2)CC1. The number of anilines is 1. The Morgan fingerprint density at radius 1 is 1.00 bits per heavy atom. The molecule has 2 aromatic carbocycles. The number of nitrogens with zero attached hydrogens (tertiary/aromatic N) is 3. The highest BCUT2D eigenvalue weighted by atomic mass is 79.9. The predicted octanol–water partition coefficient (Wildman–Crippen LogP) is 3.64. The van der Waals surface area contributed by atoms with E-state index in [2.05, 4.69) is 62.1 Å². The second-order valence-corrected chi connectivity index (χ2v) is 6.44. The van der Waals surface area contributed by atoms with Crippen LogP contribution in [-0.2, 0) is 6.54 Å². The molecule has 1 fully saturated rings. The van der Waals surface area contributed by atoms with Crippen molar-refractivity contribution in [3.8, 4) is 6.07 Å². The summed E-state index contributed by atoms with van der Waals surface area (Å²) in [5.74, 6) is 0. The molecule has 1 aliphatic rings. The molecule has 0 atom stereocenters. The van der Waals surface area contributed by atoms with Gasteiger partial charge in [-0.2, -0.15) is 5.26 Å². The average Bonchev–Trinajstić information content (AvgIpc) is 2.56. The maximum Gasteiger partial charge on any atom is 0.101 e. The molecule has 0 aliphatic carbocycles. The molecule has 1 heterocycles. The second-order valence-electron chi connectivity index (χ2n) is 5.52. The van der Waals surface area contributed by atoms with Crippen LogP contribution in [0.3, 0.4) is 0 Å². The first-order valence-electron chi connectivity index (χ1n) is 7.47. The largest absolute Gasteiger partial charge is 0.368 e. The maximum absolute atomic E-state index is 9.31. The number of hydrogen-bond acceptors (Lipinski definition) is 3. The molecule has 2 aromatic rings. The Morgan fingerprint density at radius 3 is 2.41 bits per heavy atom. The van der Waals surface area contributed by atoms with Gasteiger partial charge in [-0.3, -0.25) is 4.90 Å². The lowest BCUT2D eigenvalue weighted by Gasteiger charge is -2.36. The first kappa shape index (κ1) is 15.1. The third-order valence-electron chi connectivity index (χ3n) is 4.04. The minimum absolute atomic E-state index is 0.742. The summed E-state index contributed by atoms with van der Waals surface area (Å²) in [5.41, 5.74) is 3.15. The van der Waals surface area contributed by atoms with E-state index in [1.54, 1.807) is 0 Å². The normalized spacial score (nSPS) is 15.5. The highest BCUT2D eigenvalue weighted by Gasteiger charge is 2.19. The zero-order valence-corrected chi connectivity index (χ0v) is 14.0. The minimum atomic E-state index is 0.742. The fourth-order valence-electron chi connectivity index (χ4n) is 2.86. The van der Waals surface area contributed by atoms with E-state index in [9.17, 15) is 5.26 Å². The molecule has 112 valence electrons. The molecule has 0 bridgehead atoms. The molecule has 3 nitrogen and oxygen atoms in total. The van der Waals surface area contributed by atoms with Gasteiger partial charge in [0.15, 0.2) is 0 Å². The summed E-state index contributed by atoms with van der Waals surface area (Å²) in [6.07, 6.45) is 0. The van der Waals surface area contributed by atoms with Crippen molar-refractivity contribution in [3.63, 3.8) is 0 Å². The van der Waals surface area contributed by atoms with Crippen molar-refractivity contribution in [1.29, 1.82) is 5.26 Å². The van der Waals surface area contributed by atoms with Crippen LogP contribution >= 0.6 is 15.9 Å². The van der Waals surface area contributed by atoms with Gasteiger partial charge >= 0.3 is 0 Å². The molecule has 0 saturated carbocycles. The summed E-state index contributed by atoms with van der Waals surface area (Å²) >= 11 is 3.43. The molecule has 0 N–H and O–H groups in total. The number of piperazine rings is 1. The van der Waals surface area contributed by atoms with E-state index in [0.29, 0.717) is 0 Å². The number of nitriles is 1. The van der Waals surface area contributed by atoms with Gasteiger partial charge in [-0.05, 0) is 23.8 Å². The highest BCUT2D eigenvalue weighted by Crippen LogP contribution is 2.25. The van der Waals surface area contributed by atoms with Gasteiger partial charge in [0.2, 0.25) is 0 Å². The molecular formula is C18H18BrN3. The number of halogens is 1. The summed E-state index contributed by atoms with van der Waals surface area (Å²) < 4.78 is 0.954. The molecule has 0 spiro atoms. The molecule has 4 heteroatoms. The van der Waals surface area contributed by atoms with Gasteiger partial charge in [-0.25, -0.2) is 0 Å². The van der Waals surface area contributed by atoms with Crippen LogP contribution in [0.1, 0.15) is 11.1 Å². The van der Waals surface area contributed by atoms with Crippen molar-refractivity contribution in [3.05, 3.63) is 64.1 Å². The van der Waals surface area contributed by atoms with Crippen LogP contribution in [0.25, 0.3) is 0 Å². The quantitative estimate of drug-likeness (QED) is 0.841. The smallest absolute Gasteiger partial charge is 0.101 e. The third-order valence-corrected chi connectivity index (χ3v) is 4.53. The van der Waals surface area contributed by atoms with Gasteiger partial charge in [-0.1, -0.05) is 46.3 Å². The van der Waals surface area contributed by atoms with Crippen LogP contribution < -0.4 is 4.90 Å². The summed E-state index contributed by atoms with van der Waals surface area (Å²) in [5, 5.41) is 9.31. The molecule has 0 unspecified atom stereocenters. The highest BCUT2D eigenvalue weighted by molar-refractivity contribution is 9.10. The Balaban J connectivity index is 1.64. The Kier molecular flexibility index (Phi) is 4.77. The molecule has 0 aromatic heterocycles. The Labute approximate surface area is 139 Å². The molecule has 1 saturated heterocycles. The lowest BCUT2D eigenvalue weighted by molar-refractivity contribution is 0.250. The van der Waals surface area contributed by atoms with E-state index < -0.39 is 0 Å². The monoisotopic (exact) mass is 355 g/mol. The summed E-state index contributed by atoms with van der Waals surface area (Å²) in [7, 11) is 0. The van der Waals surface area contributed by atoms with Gasteiger partial charge < -0.3 is 4.90 Å². The maximum atomic E-state index is 9.31. The van der Waals surface area contributed by atoms with Crippen LogP contribution in [0.4, 0.5) is 5.69 Å². The van der Waals surface area contributed by atoms with E-state index >= 15 is 0 Å². The molecule has 0 radical (unpaired) electrons. The summed E-state index contributed by atoms with van der Waals surface area (Å²) in [6, 6.07) is 18.8. The first-order valence-corrected chi connectivity index (χ1v) is 8.26. The van der Waals surface area contributed by atoms with Gasteiger partial charge in [-0.15, -0.1) is 0 Å². The Bertz CT molecular complexity index is 670. The van der Waals surface area contributed by atoms with E-state index in [-0.39, 0.29) is 0 Å². The second kappa shape index (κ2) is 6.95. The zero-order valence-electron chi connectivity index (χ0n) is 12.4. The lowest BCUT2D eigenvalue weighted by atomic mass is 10.1. The molecule has 22 heavy (non-hydrogen) atoms. The van der Waals surface area contributed by atoms with E-state index in [1.807, 2.05) is 18.2 Å². The molecular weight excluding hydrogens is 338 g/mol. The molecule has 3 rings (SSSR count).